The number of nitriles is 1. The van der Waals surface area contributed by atoms with Gasteiger partial charge in [0.2, 0.25) is 5.91 Å². The van der Waals surface area contributed by atoms with Crippen LogP contribution in [0.15, 0.2) is 11.4 Å². The van der Waals surface area contributed by atoms with Crippen LogP contribution in [0.25, 0.3) is 0 Å². The van der Waals surface area contributed by atoms with Crippen LogP contribution in [0.1, 0.15) is 31.2 Å². The van der Waals surface area contributed by atoms with Crippen LogP contribution >= 0.6 is 11.8 Å². The highest BCUT2D eigenvalue weighted by Gasteiger charge is 2.30. The van der Waals surface area contributed by atoms with Crippen LogP contribution in [0, 0.1) is 17.2 Å². The molecule has 116 valence electrons. The van der Waals surface area contributed by atoms with Gasteiger partial charge in [0, 0.05) is 25.0 Å². The van der Waals surface area contributed by atoms with Crippen molar-refractivity contribution in [2.45, 2.75) is 36.9 Å². The molecule has 1 N–H and O–H groups in total. The summed E-state index contributed by atoms with van der Waals surface area (Å²) in [5.74, 6) is 0.974. The zero-order valence-electron chi connectivity index (χ0n) is 12.6. The summed E-state index contributed by atoms with van der Waals surface area (Å²) in [6.07, 6.45) is 7.35. The number of nitrogens with zero attached hydrogens (tertiary/aromatic N) is 4. The minimum Gasteiger partial charge on any atom is -0.355 e. The number of rotatable bonds is 4. The Kier molecular flexibility index (Phi) is 4.48. The number of carbonyl (C=O) groups excluding carboxylic acids is 1. The molecule has 0 aromatic carbocycles. The van der Waals surface area contributed by atoms with Crippen molar-refractivity contribution in [3.63, 3.8) is 0 Å². The van der Waals surface area contributed by atoms with Crippen molar-refractivity contribution < 1.29 is 4.79 Å². The monoisotopic (exact) mass is 317 g/mol. The number of thioether (sulfide) groups is 1. The van der Waals surface area contributed by atoms with Gasteiger partial charge in [0.15, 0.2) is 11.0 Å². The maximum atomic E-state index is 12.1. The molecule has 22 heavy (non-hydrogen) atoms. The van der Waals surface area contributed by atoms with E-state index in [1.807, 2.05) is 6.26 Å². The smallest absolute Gasteiger partial charge is 0.223 e. The van der Waals surface area contributed by atoms with Gasteiger partial charge in [-0.2, -0.15) is 5.26 Å². The average molecular weight is 317 g/mol. The molecule has 1 saturated carbocycles. The molecular weight excluding hydrogens is 298 g/mol. The van der Waals surface area contributed by atoms with Gasteiger partial charge in [0.05, 0.1) is 6.20 Å². The third-order valence-corrected chi connectivity index (χ3v) is 4.70. The predicted octanol–water partition coefficient (Wildman–Crippen LogP) is 1.57. The number of anilines is 1. The molecule has 3 rings (SSSR count). The van der Waals surface area contributed by atoms with Crippen molar-refractivity contribution >= 4 is 23.5 Å². The van der Waals surface area contributed by atoms with Crippen LogP contribution in [0.5, 0.6) is 0 Å². The number of carbonyl (C=O) groups is 1. The molecule has 0 unspecified atom stereocenters. The first kappa shape index (κ1) is 15.1. The predicted molar refractivity (Wildman–Crippen MR) is 84.6 cm³/mol. The summed E-state index contributed by atoms with van der Waals surface area (Å²) in [6, 6.07) is 2.58. The van der Waals surface area contributed by atoms with Gasteiger partial charge in [-0.25, -0.2) is 9.97 Å². The highest BCUT2D eigenvalue weighted by atomic mass is 32.2. The van der Waals surface area contributed by atoms with Gasteiger partial charge in [-0.3, -0.25) is 4.79 Å². The van der Waals surface area contributed by atoms with Crippen LogP contribution < -0.4 is 10.2 Å². The Morgan fingerprint density at radius 3 is 2.73 bits per heavy atom. The Labute approximate surface area is 134 Å². The van der Waals surface area contributed by atoms with Crippen molar-refractivity contribution in [1.29, 1.82) is 5.26 Å². The molecule has 2 heterocycles. The largest absolute Gasteiger partial charge is 0.355 e. The first-order valence-electron chi connectivity index (χ1n) is 7.57. The quantitative estimate of drug-likeness (QED) is 0.670. The third-order valence-electron chi connectivity index (χ3n) is 4.14. The highest BCUT2D eigenvalue weighted by molar-refractivity contribution is 7.98. The lowest BCUT2D eigenvalue weighted by atomic mass is 9.95. The fraction of sp³-hybridized carbons (Fsp3) is 0.600. The third kappa shape index (κ3) is 3.33. The second-order valence-electron chi connectivity index (χ2n) is 5.75. The van der Waals surface area contributed by atoms with E-state index in [2.05, 4.69) is 26.3 Å². The fourth-order valence-corrected chi connectivity index (χ4v) is 3.01. The van der Waals surface area contributed by atoms with Crippen LogP contribution in [0.2, 0.25) is 0 Å². The molecule has 0 radical (unpaired) electrons. The van der Waals surface area contributed by atoms with Crippen molar-refractivity contribution in [2.75, 3.05) is 24.2 Å². The minimum atomic E-state index is 0.0873. The Morgan fingerprint density at radius 2 is 2.14 bits per heavy atom. The molecule has 0 spiro atoms. The van der Waals surface area contributed by atoms with Gasteiger partial charge in [0.1, 0.15) is 11.6 Å². The van der Waals surface area contributed by atoms with Gasteiger partial charge < -0.3 is 10.2 Å². The summed E-state index contributed by atoms with van der Waals surface area (Å²) in [5, 5.41) is 13.0. The number of aromatic nitrogens is 2. The lowest BCUT2D eigenvalue weighted by Crippen LogP contribution is -2.41. The van der Waals surface area contributed by atoms with Crippen molar-refractivity contribution in [3.8, 4) is 6.07 Å². The van der Waals surface area contributed by atoms with E-state index < -0.39 is 0 Å². The number of hydrogen-bond donors (Lipinski definition) is 1. The minimum absolute atomic E-state index is 0.0873. The van der Waals surface area contributed by atoms with Gasteiger partial charge in [-0.15, -0.1) is 0 Å². The maximum Gasteiger partial charge on any atom is 0.223 e. The maximum absolute atomic E-state index is 12.1. The summed E-state index contributed by atoms with van der Waals surface area (Å²) < 4.78 is 0. The Hall–Kier alpha value is -1.81. The number of piperidine rings is 1. The number of nitrogens with one attached hydrogen (secondary N) is 1. The van der Waals surface area contributed by atoms with Gasteiger partial charge in [-0.05, 0) is 31.9 Å². The lowest BCUT2D eigenvalue weighted by Gasteiger charge is -2.32. The molecular formula is C15H19N5OS. The summed E-state index contributed by atoms with van der Waals surface area (Å²) in [7, 11) is 0. The van der Waals surface area contributed by atoms with E-state index in [0.29, 0.717) is 22.6 Å². The summed E-state index contributed by atoms with van der Waals surface area (Å²) in [4.78, 5) is 22.8. The van der Waals surface area contributed by atoms with Crippen LogP contribution in [0.3, 0.4) is 0 Å². The normalized spacial score (nSPS) is 18.8. The number of hydrogen-bond acceptors (Lipinski definition) is 6. The van der Waals surface area contributed by atoms with Gasteiger partial charge >= 0.3 is 0 Å². The zero-order valence-corrected chi connectivity index (χ0v) is 13.4. The standard InChI is InChI=1S/C15H19N5OS/c1-22-15-17-9-11(8-16)13(19-15)20-6-4-10(5-7-20)14(21)18-12-2-3-12/h9-10,12H,2-7H2,1H3,(H,18,21). The SMILES string of the molecule is CSc1ncc(C#N)c(N2CCC(C(=O)NC3CC3)CC2)n1. The molecule has 0 bridgehead atoms. The zero-order chi connectivity index (χ0) is 15.5. The molecule has 2 aliphatic rings. The summed E-state index contributed by atoms with van der Waals surface area (Å²) >= 11 is 1.46. The molecule has 7 heteroatoms. The molecule has 1 amide bonds. The molecule has 1 aromatic heterocycles. The second kappa shape index (κ2) is 6.53. The molecule has 1 aromatic rings. The topological polar surface area (TPSA) is 81.9 Å². The van der Waals surface area contributed by atoms with Crippen LogP contribution in [0.4, 0.5) is 5.82 Å². The van der Waals surface area contributed by atoms with Gasteiger partial charge in [-0.1, -0.05) is 11.8 Å². The first-order chi connectivity index (χ1) is 10.7. The Balaban J connectivity index is 1.65. The molecule has 1 aliphatic carbocycles. The highest BCUT2D eigenvalue weighted by Crippen LogP contribution is 2.27. The molecule has 1 saturated heterocycles. The summed E-state index contributed by atoms with van der Waals surface area (Å²) in [5.41, 5.74) is 0.499. The van der Waals surface area contributed by atoms with E-state index in [9.17, 15) is 10.1 Å². The van der Waals surface area contributed by atoms with E-state index in [1.165, 1.54) is 11.8 Å². The summed E-state index contributed by atoms with van der Waals surface area (Å²) in [6.45, 7) is 1.50. The van der Waals surface area contributed by atoms with Crippen molar-refractivity contribution in [2.24, 2.45) is 5.92 Å². The van der Waals surface area contributed by atoms with E-state index in [-0.39, 0.29) is 11.8 Å². The van der Waals surface area contributed by atoms with E-state index in [0.717, 1.165) is 38.8 Å². The fourth-order valence-electron chi connectivity index (χ4n) is 2.68. The van der Waals surface area contributed by atoms with Crippen molar-refractivity contribution in [1.82, 2.24) is 15.3 Å². The van der Waals surface area contributed by atoms with E-state index in [4.69, 9.17) is 0 Å². The Bertz CT molecular complexity index is 602. The average Bonchev–Trinajstić information content (AvgIpc) is 3.38. The van der Waals surface area contributed by atoms with Crippen LogP contribution in [-0.2, 0) is 4.79 Å². The molecule has 0 atom stereocenters. The Morgan fingerprint density at radius 1 is 1.41 bits per heavy atom. The second-order valence-corrected chi connectivity index (χ2v) is 6.52. The number of amides is 1. The molecule has 1 aliphatic heterocycles. The van der Waals surface area contributed by atoms with Crippen LogP contribution in [-0.4, -0.2) is 41.3 Å². The molecule has 2 fully saturated rings. The van der Waals surface area contributed by atoms with E-state index >= 15 is 0 Å². The van der Waals surface area contributed by atoms with E-state index in [1.54, 1.807) is 6.20 Å². The van der Waals surface area contributed by atoms with Gasteiger partial charge in [0.25, 0.3) is 0 Å². The lowest BCUT2D eigenvalue weighted by molar-refractivity contribution is -0.125. The first-order valence-corrected chi connectivity index (χ1v) is 8.80. The molecule has 6 nitrogen and oxygen atoms in total. The van der Waals surface area contributed by atoms with Crippen molar-refractivity contribution in [3.05, 3.63) is 11.8 Å².